The lowest BCUT2D eigenvalue weighted by Crippen LogP contribution is -2.43. The lowest BCUT2D eigenvalue weighted by Gasteiger charge is -2.29. The predicted octanol–water partition coefficient (Wildman–Crippen LogP) is 14.6. The summed E-state index contributed by atoms with van der Waals surface area (Å²) in [5.74, 6) is -14.4. The number of hydrogen-bond donors (Lipinski definition) is 0. The van der Waals surface area contributed by atoms with Gasteiger partial charge in [-0.25, -0.2) is 51.7 Å². The number of alkyl halides is 6. The first-order valence-corrected chi connectivity index (χ1v) is 53.5. The van der Waals surface area contributed by atoms with Gasteiger partial charge in [-0.05, 0) is 475 Å². The van der Waals surface area contributed by atoms with E-state index in [9.17, 15) is 130 Å². The van der Waals surface area contributed by atoms with Gasteiger partial charge in [0.05, 0.1) is 44.5 Å². The summed E-state index contributed by atoms with van der Waals surface area (Å²) in [6.45, 7) is -1.28. The Balaban J connectivity index is 0.000000470. The third-order valence-corrected chi connectivity index (χ3v) is 38.9. The van der Waals surface area contributed by atoms with Crippen LogP contribution in [0, 0.1) is 76.1 Å². The molecule has 0 saturated heterocycles. The smallest absolute Gasteiger partial charge is 0.428 e. The maximum atomic E-state index is 13.4. The molecule has 1 saturated carbocycles. The second-order valence-corrected chi connectivity index (χ2v) is 47.4. The van der Waals surface area contributed by atoms with Gasteiger partial charge in [-0.1, -0.05) is 0 Å². The normalized spacial score (nSPS) is 14.0. The van der Waals surface area contributed by atoms with E-state index in [4.69, 9.17) is 23.7 Å². The van der Waals surface area contributed by atoms with Crippen LogP contribution in [0.5, 0.6) is 28.7 Å². The summed E-state index contributed by atoms with van der Waals surface area (Å²) in [4.78, 5) is 91.9. The number of esters is 6. The second-order valence-electron chi connectivity index (χ2n) is 19.8. The van der Waals surface area contributed by atoms with E-state index < -0.39 is 157 Å². The molecule has 612 valence electrons. The second kappa shape index (κ2) is 47.7. The molecule has 1 fully saturated rings. The molecule has 0 unspecified atom stereocenters. The van der Waals surface area contributed by atoms with Gasteiger partial charge in [-0.15, -0.1) is 0 Å². The van der Waals surface area contributed by atoms with Crippen molar-refractivity contribution in [3.8, 4) is 28.7 Å². The molecule has 1 aliphatic carbocycles. The van der Waals surface area contributed by atoms with Gasteiger partial charge in [0.2, 0.25) is 11.6 Å². The molecule has 0 aromatic heterocycles. The van der Waals surface area contributed by atoms with Gasteiger partial charge < -0.3 is 51.2 Å². The molecule has 1 aliphatic rings. The van der Waals surface area contributed by atoms with Crippen LogP contribution in [0.15, 0.2) is 42.5 Å². The van der Waals surface area contributed by atoms with Gasteiger partial charge in [0.15, 0.2) is 60.0 Å². The van der Waals surface area contributed by atoms with E-state index >= 15 is 0 Å². The zero-order valence-corrected chi connectivity index (χ0v) is 94.4. The Morgan fingerprint density at radius 2 is 0.673 bits per heavy atom. The molecule has 0 amide bonds. The van der Waals surface area contributed by atoms with Crippen molar-refractivity contribution in [3.63, 3.8) is 0 Å². The van der Waals surface area contributed by atoms with Crippen LogP contribution >= 0.6 is 407 Å². The number of carbonyl (C=O) groups is 8. The van der Waals surface area contributed by atoms with Crippen molar-refractivity contribution in [3.05, 3.63) is 107 Å². The predicted molar refractivity (Wildman–Crippen MR) is 518 cm³/mol. The molecule has 0 bridgehead atoms. The minimum atomic E-state index is -6.24. The summed E-state index contributed by atoms with van der Waals surface area (Å²) >= 11 is 36.7. The van der Waals surface area contributed by atoms with E-state index in [1.807, 2.05) is 238 Å². The summed E-state index contributed by atoms with van der Waals surface area (Å²) in [5, 5.41) is -15.3. The molecule has 0 radical (unpaired) electrons. The highest BCUT2D eigenvalue weighted by molar-refractivity contribution is 14.1. The molecule has 0 aliphatic heterocycles. The summed E-state index contributed by atoms with van der Waals surface area (Å²) < 4.78 is 278. The number of Topliss-reactive ketones (excluding diaryl/α,β-unsaturated/α-hetero) is 2. The number of halogens is 24. The Hall–Kier alpha value is 4.53. The standard InChI is InChI=1S/C15H13F2I3O6S.C11H7F2I3O6S.C10H5F2I3O7S.C8H3I5O5S.C8H4I4O5S/c16-15(17,27(23,24)25)13(21)7-1-3-8(4-2-7)14(22)26-12-10(19)5-9(18)6-11(12)20;12-11(13,23(19,20)21)8(17)1-2-9(18)22-10-6(15)3-5(14)4-7(10)16;11-10(12,23(18,19)20)9(17)21-3-7(16)22-8-5(14)1-4(13)2-6(8)15;9-3-4(10)6(12)8(7(13)5(3)11)18-2(14)1-19(15,16)17;9-3-1-4(7(11)8(12)6(3)10)17-5(13)2-18(14,15)16/h5-8H,1-4H2,(H,23,24,25);3-4H,1-2H2,(H,19,20,21);1-2H,3H2,(H,18,19,20);1H2,(H,15,16,17);1H,2H2,(H,14,15,16)/p-5. The summed E-state index contributed by atoms with van der Waals surface area (Å²) in [6, 6.07) is 12.1. The zero-order valence-electron chi connectivity index (χ0n) is 51.5. The molecule has 58 heteroatoms. The third kappa shape index (κ3) is 35.2. The Morgan fingerprint density at radius 3 is 1.04 bits per heavy atom. The van der Waals surface area contributed by atoms with E-state index in [0.29, 0.717) is 36.5 Å². The van der Waals surface area contributed by atoms with E-state index in [1.165, 1.54) is 0 Å². The number of ether oxygens (including phenoxy) is 6. The lowest BCUT2D eigenvalue weighted by molar-refractivity contribution is -0.166. The maximum Gasteiger partial charge on any atom is 0.428 e. The first-order chi connectivity index (χ1) is 49.7. The Labute approximate surface area is 865 Å². The van der Waals surface area contributed by atoms with Crippen LogP contribution in [0.2, 0.25) is 0 Å². The van der Waals surface area contributed by atoms with E-state index in [-0.39, 0.29) is 42.9 Å². The molecule has 5 aromatic carbocycles. The lowest BCUT2D eigenvalue weighted by atomic mass is 9.80. The van der Waals surface area contributed by atoms with Crippen LogP contribution < -0.4 is 23.7 Å². The van der Waals surface area contributed by atoms with E-state index in [1.54, 1.807) is 30.3 Å². The van der Waals surface area contributed by atoms with Gasteiger partial charge in [-0.3, -0.25) is 28.8 Å². The van der Waals surface area contributed by atoms with Crippen LogP contribution in [0.1, 0.15) is 38.5 Å². The fourth-order valence-corrected chi connectivity index (χ4v) is 28.2. The van der Waals surface area contributed by atoms with E-state index in [0.717, 1.165) is 39.3 Å². The summed E-state index contributed by atoms with van der Waals surface area (Å²) in [7, 11) is -27.7. The molecule has 0 N–H and O–H groups in total. The Kier molecular flexibility index (Phi) is 48.0. The molecule has 6 rings (SSSR count). The maximum absolute atomic E-state index is 13.4. The zero-order chi connectivity index (χ0) is 85.6. The van der Waals surface area contributed by atoms with Crippen molar-refractivity contribution < 1.29 is 158 Å². The molecule has 0 spiro atoms. The average Bonchev–Trinajstić information content (AvgIpc) is 0.796. The highest BCUT2D eigenvalue weighted by atomic mass is 127. The molecule has 0 atom stereocenters. The van der Waals surface area contributed by atoms with Gasteiger partial charge in [0.1, 0.15) is 37.5 Å². The van der Waals surface area contributed by atoms with Crippen molar-refractivity contribution in [2.45, 2.75) is 54.3 Å². The average molecular weight is 3670 g/mol. The fourth-order valence-electron chi connectivity index (χ4n) is 7.02. The number of rotatable bonds is 22. The fraction of sp³-hybridized carbons (Fsp3) is 0.269. The highest BCUT2D eigenvalue weighted by Crippen LogP contribution is 2.41. The van der Waals surface area contributed by atoms with Crippen molar-refractivity contribution in [2.75, 3.05) is 18.1 Å². The SMILES string of the molecule is O=C(CCC(=O)C(F)(F)S(=O)(=O)[O-])Oc1c(I)cc(I)cc1I.O=C(COC(=O)C(F)(F)S(=O)(=O)[O-])Oc1c(I)cc(I)cc1I.O=C(CS(=O)(=O)[O-])Oc1c(I)c(I)c(I)c(I)c1I.O=C(CS(=O)(=O)[O-])Oc1cc(I)c(I)c(I)c1I.O=C(Oc1c(I)cc(I)cc1I)C1CCC(C(=O)C(F)(F)S(=O)(=O)[O-])CC1. The van der Waals surface area contributed by atoms with Crippen molar-refractivity contribution >= 4 is 505 Å². The van der Waals surface area contributed by atoms with Crippen molar-refractivity contribution in [1.29, 1.82) is 0 Å². The third-order valence-electron chi connectivity index (χ3n) is 11.9. The first kappa shape index (κ1) is 111. The monoisotopic (exact) mass is 3670 g/mol. The Bertz CT molecular complexity index is 4820. The number of benzene rings is 5. The van der Waals surface area contributed by atoms with Crippen LogP contribution in [0.4, 0.5) is 26.3 Å². The number of ketones is 2. The number of carbonyl (C=O) groups excluding carboxylic acids is 8. The minimum Gasteiger partial charge on any atom is -0.748 e. The first-order valence-electron chi connectivity index (χ1n) is 26.7. The quantitative estimate of drug-likeness (QED) is 0.0118. The molecule has 5 aromatic rings. The van der Waals surface area contributed by atoms with Crippen LogP contribution in [0.3, 0.4) is 0 Å². The molecule has 29 nitrogen and oxygen atoms in total. The number of hydrogen-bond acceptors (Lipinski definition) is 29. The van der Waals surface area contributed by atoms with Crippen LogP contribution in [0.25, 0.3) is 0 Å². The largest absolute Gasteiger partial charge is 0.748 e. The van der Waals surface area contributed by atoms with Gasteiger partial charge in [-0.2, -0.15) is 26.3 Å². The van der Waals surface area contributed by atoms with Crippen molar-refractivity contribution in [2.24, 2.45) is 11.8 Å². The van der Waals surface area contributed by atoms with E-state index in [2.05, 4.69) is 185 Å². The topological polar surface area (TPSA) is 478 Å². The molecule has 0 heterocycles. The van der Waals surface area contributed by atoms with Gasteiger partial charge in [0, 0.05) is 44.5 Å². The molecular weight excluding hydrogens is 3650 g/mol. The van der Waals surface area contributed by atoms with Gasteiger partial charge in [0.25, 0.3) is 0 Å². The van der Waals surface area contributed by atoms with Crippen LogP contribution in [-0.4, -0.2) is 146 Å². The van der Waals surface area contributed by atoms with Crippen molar-refractivity contribution in [1.82, 2.24) is 0 Å². The van der Waals surface area contributed by atoms with Crippen LogP contribution in [-0.2, 0) is 93.7 Å². The summed E-state index contributed by atoms with van der Waals surface area (Å²) in [5.41, 5.74) is 0. The Morgan fingerprint density at radius 1 is 0.355 bits per heavy atom. The highest BCUT2D eigenvalue weighted by Gasteiger charge is 2.51. The minimum absolute atomic E-state index is 0.0990. The molecule has 110 heavy (non-hydrogen) atoms. The summed E-state index contributed by atoms with van der Waals surface area (Å²) in [6.07, 6.45) is -1.91. The molecular formula is C52H27F6I18O29S5-5. The van der Waals surface area contributed by atoms with Gasteiger partial charge >= 0.3 is 51.6 Å².